The lowest BCUT2D eigenvalue weighted by molar-refractivity contribution is -0.141. The van der Waals surface area contributed by atoms with Gasteiger partial charge in [0.15, 0.2) is 0 Å². The van der Waals surface area contributed by atoms with Crippen LogP contribution in [0.4, 0.5) is 19.1 Å². The maximum Gasteiger partial charge on any atom is 0.433 e. The van der Waals surface area contributed by atoms with Crippen molar-refractivity contribution in [2.24, 2.45) is 11.3 Å². The average Bonchev–Trinajstić information content (AvgIpc) is 2.35. The molecule has 4 nitrogen and oxygen atoms in total. The number of alkyl halides is 3. The van der Waals surface area contributed by atoms with Gasteiger partial charge in [-0.25, -0.2) is 9.97 Å². The van der Waals surface area contributed by atoms with Gasteiger partial charge < -0.3 is 10.1 Å². The summed E-state index contributed by atoms with van der Waals surface area (Å²) >= 11 is 0. The molecular formula is C13H18F3N3O. The predicted molar refractivity (Wildman–Crippen MR) is 68.2 cm³/mol. The van der Waals surface area contributed by atoms with Crippen LogP contribution in [0.1, 0.15) is 26.5 Å². The monoisotopic (exact) mass is 289 g/mol. The Kier molecular flexibility index (Phi) is 3.66. The summed E-state index contributed by atoms with van der Waals surface area (Å²) in [5.74, 6) is 0.174. The van der Waals surface area contributed by atoms with Crippen LogP contribution in [0.2, 0.25) is 0 Å². The van der Waals surface area contributed by atoms with Crippen molar-refractivity contribution in [1.82, 2.24) is 9.97 Å². The van der Waals surface area contributed by atoms with Gasteiger partial charge in [0.05, 0.1) is 6.10 Å². The van der Waals surface area contributed by atoms with E-state index < -0.39 is 11.9 Å². The zero-order chi connectivity index (χ0) is 15.1. The summed E-state index contributed by atoms with van der Waals surface area (Å²) in [5, 5.41) is 2.99. The minimum atomic E-state index is -4.46. The van der Waals surface area contributed by atoms with Crippen molar-refractivity contribution in [2.75, 3.05) is 12.4 Å². The predicted octanol–water partition coefficient (Wildman–Crippen LogP) is 2.97. The molecule has 1 aromatic rings. The molecule has 0 aliphatic heterocycles. The smallest absolute Gasteiger partial charge is 0.380 e. The quantitative estimate of drug-likeness (QED) is 0.929. The van der Waals surface area contributed by atoms with Gasteiger partial charge in [-0.3, -0.25) is 0 Å². The molecule has 3 atom stereocenters. The summed E-state index contributed by atoms with van der Waals surface area (Å²) in [6.45, 7) is 6.00. The Hall–Kier alpha value is -1.37. The molecule has 0 amide bonds. The molecular weight excluding hydrogens is 271 g/mol. The number of hydrogen-bond donors (Lipinski definition) is 1. The molecule has 1 saturated carbocycles. The van der Waals surface area contributed by atoms with E-state index in [1.807, 2.05) is 20.8 Å². The molecule has 0 aromatic carbocycles. The summed E-state index contributed by atoms with van der Waals surface area (Å²) < 4.78 is 43.2. The van der Waals surface area contributed by atoms with Crippen molar-refractivity contribution in [3.63, 3.8) is 0 Å². The highest BCUT2D eigenvalue weighted by molar-refractivity contribution is 5.32. The average molecular weight is 289 g/mol. The van der Waals surface area contributed by atoms with E-state index in [0.29, 0.717) is 0 Å². The Labute approximate surface area is 115 Å². The van der Waals surface area contributed by atoms with Crippen LogP contribution in [0, 0.1) is 11.3 Å². The lowest BCUT2D eigenvalue weighted by Crippen LogP contribution is -2.64. The second-order valence-electron chi connectivity index (χ2n) is 5.72. The molecule has 0 radical (unpaired) electrons. The molecule has 1 N–H and O–H groups in total. The number of anilines is 1. The molecule has 0 bridgehead atoms. The van der Waals surface area contributed by atoms with Crippen molar-refractivity contribution in [3.8, 4) is 0 Å². The number of aromatic nitrogens is 2. The van der Waals surface area contributed by atoms with Gasteiger partial charge in [-0.15, -0.1) is 0 Å². The van der Waals surface area contributed by atoms with Gasteiger partial charge in [-0.1, -0.05) is 20.8 Å². The van der Waals surface area contributed by atoms with Gasteiger partial charge in [-0.05, 0) is 6.07 Å². The van der Waals surface area contributed by atoms with E-state index in [1.165, 1.54) is 0 Å². The Balaban J connectivity index is 2.16. The van der Waals surface area contributed by atoms with Crippen molar-refractivity contribution in [3.05, 3.63) is 18.0 Å². The first-order valence-electron chi connectivity index (χ1n) is 6.37. The van der Waals surface area contributed by atoms with Gasteiger partial charge in [0.1, 0.15) is 5.69 Å². The van der Waals surface area contributed by atoms with Crippen molar-refractivity contribution >= 4 is 5.95 Å². The third-order valence-corrected chi connectivity index (χ3v) is 4.02. The summed E-state index contributed by atoms with van der Waals surface area (Å²) in [6, 6.07) is 0.828. The van der Waals surface area contributed by atoms with E-state index in [4.69, 9.17) is 4.74 Å². The van der Waals surface area contributed by atoms with E-state index in [2.05, 4.69) is 15.3 Å². The number of ether oxygens (including phenoxy) is 1. The van der Waals surface area contributed by atoms with Crippen LogP contribution < -0.4 is 5.32 Å². The van der Waals surface area contributed by atoms with E-state index in [1.54, 1.807) is 7.11 Å². The van der Waals surface area contributed by atoms with Gasteiger partial charge in [0.25, 0.3) is 0 Å². The maximum atomic E-state index is 12.6. The number of rotatable bonds is 3. The van der Waals surface area contributed by atoms with Gasteiger partial charge in [0, 0.05) is 30.7 Å². The topological polar surface area (TPSA) is 47.0 Å². The van der Waals surface area contributed by atoms with E-state index in [9.17, 15) is 13.2 Å². The fourth-order valence-corrected chi connectivity index (χ4v) is 3.15. The molecule has 1 aromatic heterocycles. The van der Waals surface area contributed by atoms with Crippen LogP contribution >= 0.6 is 0 Å². The van der Waals surface area contributed by atoms with Crippen LogP contribution in [0.25, 0.3) is 0 Å². The third-order valence-electron chi connectivity index (χ3n) is 4.02. The van der Waals surface area contributed by atoms with Crippen molar-refractivity contribution in [2.45, 2.75) is 39.1 Å². The largest absolute Gasteiger partial charge is 0.433 e. The highest BCUT2D eigenvalue weighted by Gasteiger charge is 2.55. The fraction of sp³-hybridized carbons (Fsp3) is 0.692. The highest BCUT2D eigenvalue weighted by Crippen LogP contribution is 2.48. The van der Waals surface area contributed by atoms with Crippen molar-refractivity contribution in [1.29, 1.82) is 0 Å². The standard InChI is InChI=1S/C13H18F3N3O/c1-7-9(12(2,3)10(7)20-4)19-11-17-6-5-8(18-11)13(14,15)16/h5-7,9-10H,1-4H3,(H,17,18,19)/t7-,9+,10-/m1/s1. The zero-order valence-corrected chi connectivity index (χ0v) is 11.8. The Morgan fingerprint density at radius 1 is 1.35 bits per heavy atom. The van der Waals surface area contributed by atoms with Gasteiger partial charge in [0.2, 0.25) is 5.95 Å². The van der Waals surface area contributed by atoms with Crippen molar-refractivity contribution < 1.29 is 17.9 Å². The molecule has 1 heterocycles. The highest BCUT2D eigenvalue weighted by atomic mass is 19.4. The number of methoxy groups -OCH3 is 1. The second kappa shape index (κ2) is 4.87. The first-order chi connectivity index (χ1) is 9.17. The SMILES string of the molecule is CO[C@@H]1[C@H](C)[C@H](Nc2nccc(C(F)(F)F)n2)C1(C)C. The Morgan fingerprint density at radius 3 is 2.50 bits per heavy atom. The summed E-state index contributed by atoms with van der Waals surface area (Å²) in [4.78, 5) is 7.39. The molecule has 1 aliphatic rings. The Morgan fingerprint density at radius 2 is 2.00 bits per heavy atom. The molecule has 7 heteroatoms. The fourth-order valence-electron chi connectivity index (χ4n) is 3.15. The van der Waals surface area contributed by atoms with E-state index in [0.717, 1.165) is 12.3 Å². The van der Waals surface area contributed by atoms with Crippen LogP contribution in [0.5, 0.6) is 0 Å². The number of nitrogens with zero attached hydrogens (tertiary/aromatic N) is 2. The maximum absolute atomic E-state index is 12.6. The third kappa shape index (κ3) is 2.46. The number of hydrogen-bond acceptors (Lipinski definition) is 4. The van der Waals surface area contributed by atoms with E-state index in [-0.39, 0.29) is 29.4 Å². The minimum absolute atomic E-state index is 0.000645. The van der Waals surface area contributed by atoms with E-state index >= 15 is 0 Å². The minimum Gasteiger partial charge on any atom is -0.380 e. The molecule has 20 heavy (non-hydrogen) atoms. The Bertz CT molecular complexity index is 490. The normalized spacial score (nSPS) is 28.9. The molecule has 2 rings (SSSR count). The molecule has 1 aliphatic carbocycles. The van der Waals surface area contributed by atoms with Gasteiger partial charge >= 0.3 is 6.18 Å². The lowest BCUT2D eigenvalue weighted by atomic mass is 9.58. The van der Waals surface area contributed by atoms with Crippen LogP contribution in [-0.4, -0.2) is 29.2 Å². The lowest BCUT2D eigenvalue weighted by Gasteiger charge is -2.56. The second-order valence-corrected chi connectivity index (χ2v) is 5.72. The summed E-state index contributed by atoms with van der Waals surface area (Å²) in [7, 11) is 1.64. The first-order valence-corrected chi connectivity index (χ1v) is 6.37. The summed E-state index contributed by atoms with van der Waals surface area (Å²) in [5.41, 5.74) is -1.13. The molecule has 0 unspecified atom stereocenters. The van der Waals surface area contributed by atoms with Crippen LogP contribution in [-0.2, 0) is 10.9 Å². The number of nitrogens with one attached hydrogen (secondary N) is 1. The molecule has 0 saturated heterocycles. The molecule has 0 spiro atoms. The van der Waals surface area contributed by atoms with Gasteiger partial charge in [-0.2, -0.15) is 13.2 Å². The summed E-state index contributed by atoms with van der Waals surface area (Å²) in [6.07, 6.45) is -3.29. The number of halogens is 3. The van der Waals surface area contributed by atoms with Crippen LogP contribution in [0.15, 0.2) is 12.3 Å². The molecule has 112 valence electrons. The molecule has 1 fully saturated rings. The van der Waals surface area contributed by atoms with Crippen LogP contribution in [0.3, 0.4) is 0 Å². The first kappa shape index (κ1) is 15.0. The zero-order valence-electron chi connectivity index (χ0n) is 11.8.